The molecule has 1 N–H and O–H groups in total. The largest absolute Gasteiger partial charge is 0.356 e. The van der Waals surface area contributed by atoms with E-state index in [1.807, 2.05) is 13.8 Å². The summed E-state index contributed by atoms with van der Waals surface area (Å²) in [7, 11) is 0. The highest BCUT2D eigenvalue weighted by Gasteiger charge is 2.05. The summed E-state index contributed by atoms with van der Waals surface area (Å²) >= 11 is 0. The Morgan fingerprint density at radius 3 is 1.77 bits per heavy atom. The van der Waals surface area contributed by atoms with Crippen molar-refractivity contribution >= 4 is 5.91 Å². The van der Waals surface area contributed by atoms with Gasteiger partial charge in [-0.25, -0.2) is 0 Å². The van der Waals surface area contributed by atoms with Gasteiger partial charge in [0, 0.05) is 12.5 Å². The van der Waals surface area contributed by atoms with Gasteiger partial charge < -0.3 is 5.32 Å². The molecule has 0 aromatic heterocycles. The van der Waals surface area contributed by atoms with Crippen LogP contribution in [0.5, 0.6) is 0 Å². The normalized spacial score (nSPS) is 9.54. The number of nitrogens with one attached hydrogen (secondary N) is 1. The predicted octanol–water partition coefficient (Wildman–Crippen LogP) is 2.83. The summed E-state index contributed by atoms with van der Waals surface area (Å²) in [5.74, 6) is 0.801. The smallest absolute Gasteiger partial charge is 0.222 e. The van der Waals surface area contributed by atoms with Crippen LogP contribution in [0.3, 0.4) is 0 Å². The number of hydrogen-bond acceptors (Lipinski definition) is 1. The van der Waals surface area contributed by atoms with Crippen molar-refractivity contribution in [2.75, 3.05) is 6.54 Å². The zero-order valence-electron chi connectivity index (χ0n) is 9.98. The monoisotopic (exact) mass is 187 g/mol. The van der Waals surface area contributed by atoms with E-state index in [-0.39, 0.29) is 11.8 Å². The second kappa shape index (κ2) is 9.56. The third-order valence-electron chi connectivity index (χ3n) is 1.21. The second-order valence-corrected chi connectivity index (χ2v) is 4.00. The molecule has 0 saturated heterocycles. The summed E-state index contributed by atoms with van der Waals surface area (Å²) in [6, 6.07) is 0. The molecule has 0 aliphatic heterocycles. The molecule has 13 heavy (non-hydrogen) atoms. The van der Waals surface area contributed by atoms with Crippen LogP contribution in [0.1, 0.15) is 48.0 Å². The van der Waals surface area contributed by atoms with Crippen molar-refractivity contribution in [3.8, 4) is 0 Å². The molecule has 0 aromatic rings. The van der Waals surface area contributed by atoms with Crippen LogP contribution in [-0.2, 0) is 4.79 Å². The summed E-state index contributed by atoms with van der Waals surface area (Å²) in [6.07, 6.45) is 1.25. The van der Waals surface area contributed by atoms with E-state index in [0.717, 1.165) is 6.54 Å². The number of hydrogen-bond donors (Lipinski definition) is 1. The fraction of sp³-hybridized carbons (Fsp3) is 0.909. The first kappa shape index (κ1) is 15.0. The van der Waals surface area contributed by atoms with E-state index in [1.54, 1.807) is 0 Å². The van der Waals surface area contributed by atoms with Crippen molar-refractivity contribution in [2.24, 2.45) is 11.8 Å². The van der Waals surface area contributed by atoms with E-state index in [9.17, 15) is 4.79 Å². The van der Waals surface area contributed by atoms with Crippen molar-refractivity contribution in [3.63, 3.8) is 0 Å². The topological polar surface area (TPSA) is 29.1 Å². The van der Waals surface area contributed by atoms with Crippen LogP contribution >= 0.6 is 0 Å². The van der Waals surface area contributed by atoms with Gasteiger partial charge in [-0.2, -0.15) is 0 Å². The van der Waals surface area contributed by atoms with Crippen LogP contribution in [-0.4, -0.2) is 12.5 Å². The van der Waals surface area contributed by atoms with Gasteiger partial charge in [-0.1, -0.05) is 48.0 Å². The molecule has 0 rings (SSSR count). The van der Waals surface area contributed by atoms with Crippen LogP contribution in [0.2, 0.25) is 0 Å². The van der Waals surface area contributed by atoms with E-state index in [4.69, 9.17) is 0 Å². The quantitative estimate of drug-likeness (QED) is 0.723. The minimum absolute atomic E-state index is 0.110. The molecule has 80 valence electrons. The summed E-state index contributed by atoms with van der Waals surface area (Å²) in [5, 5.41) is 2.84. The molecule has 0 atom stereocenters. The van der Waals surface area contributed by atoms with E-state index < -0.39 is 0 Å². The van der Waals surface area contributed by atoms with Gasteiger partial charge in [0.1, 0.15) is 0 Å². The van der Waals surface area contributed by atoms with Crippen molar-refractivity contribution in [2.45, 2.75) is 48.0 Å². The van der Waals surface area contributed by atoms with Gasteiger partial charge in [-0.15, -0.1) is 0 Å². The van der Waals surface area contributed by atoms with E-state index in [0.29, 0.717) is 5.92 Å². The fourth-order valence-corrected chi connectivity index (χ4v) is 0.509. The molecule has 0 aliphatic rings. The number of amides is 1. The molecule has 0 unspecified atom stereocenters. The van der Waals surface area contributed by atoms with Gasteiger partial charge >= 0.3 is 0 Å². The van der Waals surface area contributed by atoms with Crippen molar-refractivity contribution in [1.82, 2.24) is 5.32 Å². The van der Waals surface area contributed by atoms with Gasteiger partial charge in [-0.3, -0.25) is 4.79 Å². The lowest BCUT2D eigenvalue weighted by molar-refractivity contribution is -0.124. The Bertz CT molecular complexity index is 119. The van der Waals surface area contributed by atoms with Crippen LogP contribution in [0.25, 0.3) is 0 Å². The Hall–Kier alpha value is -0.530. The zero-order valence-corrected chi connectivity index (χ0v) is 9.98. The molecule has 0 fully saturated rings. The number of rotatable bonds is 3. The minimum atomic E-state index is 0.110. The van der Waals surface area contributed by atoms with Gasteiger partial charge in [0.2, 0.25) is 5.91 Å². The predicted molar refractivity (Wildman–Crippen MR) is 58.7 cm³/mol. The summed E-state index contributed by atoms with van der Waals surface area (Å²) in [4.78, 5) is 10.9. The Balaban J connectivity index is 0. The maximum Gasteiger partial charge on any atom is 0.222 e. The Labute approximate surface area is 83.1 Å². The molecular weight excluding hydrogens is 162 g/mol. The van der Waals surface area contributed by atoms with Crippen LogP contribution < -0.4 is 5.32 Å². The molecule has 0 aliphatic carbocycles. The average Bonchev–Trinajstić information content (AvgIpc) is 2.01. The van der Waals surface area contributed by atoms with Gasteiger partial charge in [0.15, 0.2) is 0 Å². The molecule has 2 nitrogen and oxygen atoms in total. The SMILES string of the molecule is CC(C)CNC(=O)C(C)C.CCC. The fourth-order valence-electron chi connectivity index (χ4n) is 0.509. The lowest BCUT2D eigenvalue weighted by Gasteiger charge is -2.08. The maximum absolute atomic E-state index is 10.9. The van der Waals surface area contributed by atoms with E-state index >= 15 is 0 Å². The van der Waals surface area contributed by atoms with Gasteiger partial charge in [0.05, 0.1) is 0 Å². The molecule has 2 heteroatoms. The lowest BCUT2D eigenvalue weighted by atomic mass is 10.2. The Morgan fingerprint density at radius 2 is 1.54 bits per heavy atom. The van der Waals surface area contributed by atoms with Crippen LogP contribution in [0.4, 0.5) is 0 Å². The van der Waals surface area contributed by atoms with Crippen molar-refractivity contribution in [1.29, 1.82) is 0 Å². The molecular formula is C11H25NO. The van der Waals surface area contributed by atoms with Gasteiger partial charge in [0.25, 0.3) is 0 Å². The maximum atomic E-state index is 10.9. The Kier molecular flexibility index (Phi) is 11.0. The first-order chi connectivity index (χ1) is 5.95. The lowest BCUT2D eigenvalue weighted by Crippen LogP contribution is -2.30. The molecule has 0 bridgehead atoms. The van der Waals surface area contributed by atoms with E-state index in [1.165, 1.54) is 6.42 Å². The van der Waals surface area contributed by atoms with Crippen molar-refractivity contribution in [3.05, 3.63) is 0 Å². The molecule has 0 radical (unpaired) electrons. The zero-order chi connectivity index (χ0) is 10.9. The summed E-state index contributed by atoms with van der Waals surface area (Å²) in [6.45, 7) is 13.0. The van der Waals surface area contributed by atoms with E-state index in [2.05, 4.69) is 33.0 Å². The molecule has 1 amide bonds. The molecule has 0 saturated carbocycles. The van der Waals surface area contributed by atoms with Crippen molar-refractivity contribution < 1.29 is 4.79 Å². The van der Waals surface area contributed by atoms with Crippen LogP contribution in [0.15, 0.2) is 0 Å². The molecule has 0 aromatic carbocycles. The van der Waals surface area contributed by atoms with Crippen LogP contribution in [0, 0.1) is 11.8 Å². The third-order valence-corrected chi connectivity index (χ3v) is 1.21. The highest BCUT2D eigenvalue weighted by Crippen LogP contribution is 1.92. The third kappa shape index (κ3) is 14.3. The second-order valence-electron chi connectivity index (χ2n) is 4.00. The molecule has 0 heterocycles. The Morgan fingerprint density at radius 1 is 1.15 bits per heavy atom. The standard InChI is InChI=1S/C8H17NO.C3H8/c1-6(2)5-9-8(10)7(3)4;1-3-2/h6-7H,5H2,1-4H3,(H,9,10);3H2,1-2H3. The minimum Gasteiger partial charge on any atom is -0.356 e. The summed E-state index contributed by atoms with van der Waals surface area (Å²) < 4.78 is 0. The highest BCUT2D eigenvalue weighted by molar-refractivity contribution is 5.77. The molecule has 0 spiro atoms. The number of carbonyl (C=O) groups excluding carboxylic acids is 1. The first-order valence-electron chi connectivity index (χ1n) is 5.23. The number of carbonyl (C=O) groups is 1. The first-order valence-corrected chi connectivity index (χ1v) is 5.23. The average molecular weight is 187 g/mol. The van der Waals surface area contributed by atoms with Gasteiger partial charge in [-0.05, 0) is 5.92 Å². The summed E-state index contributed by atoms with van der Waals surface area (Å²) in [5.41, 5.74) is 0. The highest BCUT2D eigenvalue weighted by atomic mass is 16.1.